The van der Waals surface area contributed by atoms with Gasteiger partial charge in [0.25, 0.3) is 5.91 Å². The molecule has 0 spiro atoms. The van der Waals surface area contributed by atoms with E-state index >= 15 is 0 Å². The molecule has 1 atom stereocenters. The first-order valence-electron chi connectivity index (χ1n) is 6.69. The summed E-state index contributed by atoms with van der Waals surface area (Å²) >= 11 is 0. The molecule has 0 saturated heterocycles. The lowest BCUT2D eigenvalue weighted by atomic mass is 10.1. The molecule has 21 heavy (non-hydrogen) atoms. The summed E-state index contributed by atoms with van der Waals surface area (Å²) in [4.78, 5) is 11.8. The summed E-state index contributed by atoms with van der Waals surface area (Å²) in [6.07, 6.45) is 0.842. The Morgan fingerprint density at radius 1 is 1.43 bits per heavy atom. The zero-order valence-electron chi connectivity index (χ0n) is 11.7. The van der Waals surface area contributed by atoms with Gasteiger partial charge in [-0.15, -0.1) is 10.2 Å². The van der Waals surface area contributed by atoms with Crippen molar-refractivity contribution in [1.29, 1.82) is 0 Å². The highest BCUT2D eigenvalue weighted by atomic mass is 19.1. The van der Waals surface area contributed by atoms with Crippen LogP contribution in [0.5, 0.6) is 0 Å². The quantitative estimate of drug-likeness (QED) is 0.826. The van der Waals surface area contributed by atoms with Crippen molar-refractivity contribution in [3.8, 4) is 0 Å². The molecule has 1 heterocycles. The summed E-state index contributed by atoms with van der Waals surface area (Å²) in [7, 11) is 0. The molecule has 0 saturated carbocycles. The van der Waals surface area contributed by atoms with Gasteiger partial charge in [0, 0.05) is 19.5 Å². The van der Waals surface area contributed by atoms with Gasteiger partial charge in [-0.05, 0) is 24.6 Å². The van der Waals surface area contributed by atoms with Crippen LogP contribution in [0.1, 0.15) is 24.4 Å². The van der Waals surface area contributed by atoms with Crippen LogP contribution < -0.4 is 5.32 Å². The number of hydrogen-bond acceptors (Lipinski definition) is 4. The van der Waals surface area contributed by atoms with Crippen molar-refractivity contribution in [2.45, 2.75) is 26.0 Å². The smallest absolute Gasteiger partial charge is 0.253 e. The van der Waals surface area contributed by atoms with Gasteiger partial charge >= 0.3 is 0 Å². The first-order chi connectivity index (χ1) is 10.1. The number of aliphatic hydroxyl groups excluding tert-OH is 1. The second-order valence-electron chi connectivity index (χ2n) is 4.53. The Labute approximate surface area is 121 Å². The molecule has 0 bridgehead atoms. The SMILES string of the molecule is CCn1cnnc1CCNC(=O)[C@@H](O)c1ccc(F)cc1. The van der Waals surface area contributed by atoms with Gasteiger partial charge in [0.1, 0.15) is 18.0 Å². The normalized spacial score (nSPS) is 12.1. The zero-order valence-corrected chi connectivity index (χ0v) is 11.7. The van der Waals surface area contributed by atoms with E-state index in [1.54, 1.807) is 6.33 Å². The summed E-state index contributed by atoms with van der Waals surface area (Å²) in [5, 5.41) is 20.2. The second-order valence-corrected chi connectivity index (χ2v) is 4.53. The number of nitrogens with one attached hydrogen (secondary N) is 1. The molecule has 2 N–H and O–H groups in total. The maximum Gasteiger partial charge on any atom is 0.253 e. The third kappa shape index (κ3) is 3.85. The van der Waals surface area contributed by atoms with Crippen molar-refractivity contribution < 1.29 is 14.3 Å². The van der Waals surface area contributed by atoms with E-state index in [0.29, 0.717) is 18.5 Å². The van der Waals surface area contributed by atoms with E-state index in [9.17, 15) is 14.3 Å². The van der Waals surface area contributed by atoms with Crippen LogP contribution in [0.25, 0.3) is 0 Å². The monoisotopic (exact) mass is 292 g/mol. The summed E-state index contributed by atoms with van der Waals surface area (Å²) in [6, 6.07) is 5.17. The Morgan fingerprint density at radius 3 is 2.81 bits per heavy atom. The van der Waals surface area contributed by atoms with Crippen molar-refractivity contribution in [2.24, 2.45) is 0 Å². The van der Waals surface area contributed by atoms with Crippen LogP contribution in [0, 0.1) is 5.82 Å². The van der Waals surface area contributed by atoms with Crippen molar-refractivity contribution in [3.63, 3.8) is 0 Å². The lowest BCUT2D eigenvalue weighted by Gasteiger charge is -2.11. The van der Waals surface area contributed by atoms with Crippen LogP contribution in [-0.2, 0) is 17.8 Å². The Kier molecular flexibility index (Phi) is 4.99. The summed E-state index contributed by atoms with van der Waals surface area (Å²) in [5.41, 5.74) is 0.352. The molecule has 2 aromatic rings. The number of aromatic nitrogens is 3. The van der Waals surface area contributed by atoms with E-state index in [-0.39, 0.29) is 0 Å². The highest BCUT2D eigenvalue weighted by Gasteiger charge is 2.17. The van der Waals surface area contributed by atoms with Gasteiger partial charge in [0.15, 0.2) is 6.10 Å². The Bertz CT molecular complexity index is 597. The molecule has 0 radical (unpaired) electrons. The van der Waals surface area contributed by atoms with Gasteiger partial charge in [0.2, 0.25) is 0 Å². The predicted octanol–water partition coefficient (Wildman–Crippen LogP) is 0.829. The van der Waals surface area contributed by atoms with Crippen molar-refractivity contribution >= 4 is 5.91 Å². The third-order valence-corrected chi connectivity index (χ3v) is 3.12. The number of benzene rings is 1. The van der Waals surface area contributed by atoms with Gasteiger partial charge in [0.05, 0.1) is 0 Å². The minimum Gasteiger partial charge on any atom is -0.378 e. The first-order valence-corrected chi connectivity index (χ1v) is 6.69. The number of hydrogen-bond donors (Lipinski definition) is 2. The van der Waals surface area contributed by atoms with Crippen LogP contribution in [0.3, 0.4) is 0 Å². The fourth-order valence-electron chi connectivity index (χ4n) is 1.93. The number of carbonyl (C=O) groups is 1. The fourth-order valence-corrected chi connectivity index (χ4v) is 1.93. The van der Waals surface area contributed by atoms with E-state index in [1.807, 2.05) is 11.5 Å². The van der Waals surface area contributed by atoms with Gasteiger partial charge in [-0.2, -0.15) is 0 Å². The van der Waals surface area contributed by atoms with Crippen molar-refractivity contribution in [2.75, 3.05) is 6.54 Å². The van der Waals surface area contributed by atoms with Gasteiger partial charge < -0.3 is 15.0 Å². The summed E-state index contributed by atoms with van der Waals surface area (Å²) < 4.78 is 14.7. The van der Waals surface area contributed by atoms with E-state index < -0.39 is 17.8 Å². The topological polar surface area (TPSA) is 80.0 Å². The molecule has 0 aliphatic carbocycles. The minimum atomic E-state index is -1.31. The average molecular weight is 292 g/mol. The number of nitrogens with zero attached hydrogens (tertiary/aromatic N) is 3. The van der Waals surface area contributed by atoms with Gasteiger partial charge in [-0.1, -0.05) is 12.1 Å². The molecule has 0 aliphatic heterocycles. The number of halogens is 1. The molecule has 6 nitrogen and oxygen atoms in total. The lowest BCUT2D eigenvalue weighted by molar-refractivity contribution is -0.129. The Morgan fingerprint density at radius 2 is 2.14 bits per heavy atom. The minimum absolute atomic E-state index is 0.343. The highest BCUT2D eigenvalue weighted by Crippen LogP contribution is 2.13. The average Bonchev–Trinajstić information content (AvgIpc) is 2.94. The number of rotatable bonds is 6. The molecule has 2 rings (SSSR count). The molecule has 7 heteroatoms. The maximum absolute atomic E-state index is 12.8. The van der Waals surface area contributed by atoms with Gasteiger partial charge in [-0.25, -0.2) is 4.39 Å². The number of aliphatic hydroxyl groups is 1. The van der Waals surface area contributed by atoms with E-state index in [1.165, 1.54) is 24.3 Å². The number of carbonyl (C=O) groups excluding carboxylic acids is 1. The first kappa shape index (κ1) is 15.1. The lowest BCUT2D eigenvalue weighted by Crippen LogP contribution is -2.31. The van der Waals surface area contributed by atoms with Crippen molar-refractivity contribution in [3.05, 3.63) is 47.8 Å². The molecule has 1 aromatic heterocycles. The van der Waals surface area contributed by atoms with Crippen LogP contribution in [-0.4, -0.2) is 32.3 Å². The Balaban J connectivity index is 1.85. The third-order valence-electron chi connectivity index (χ3n) is 3.12. The summed E-state index contributed by atoms with van der Waals surface area (Å²) in [5.74, 6) is -0.163. The molecule has 0 aliphatic rings. The summed E-state index contributed by atoms with van der Waals surface area (Å²) in [6.45, 7) is 3.08. The number of amides is 1. The molecule has 112 valence electrons. The molecule has 1 amide bonds. The molecular formula is C14H17FN4O2. The van der Waals surface area contributed by atoms with E-state index in [4.69, 9.17) is 0 Å². The molecule has 0 unspecified atom stereocenters. The second kappa shape index (κ2) is 6.94. The van der Waals surface area contributed by atoms with Crippen LogP contribution in [0.2, 0.25) is 0 Å². The van der Waals surface area contributed by atoms with Crippen LogP contribution >= 0.6 is 0 Å². The van der Waals surface area contributed by atoms with Crippen LogP contribution in [0.15, 0.2) is 30.6 Å². The Hall–Kier alpha value is -2.28. The molecule has 1 aromatic carbocycles. The van der Waals surface area contributed by atoms with E-state index in [0.717, 1.165) is 12.4 Å². The highest BCUT2D eigenvalue weighted by molar-refractivity contribution is 5.81. The fraction of sp³-hybridized carbons (Fsp3) is 0.357. The predicted molar refractivity (Wildman–Crippen MR) is 73.8 cm³/mol. The van der Waals surface area contributed by atoms with Crippen molar-refractivity contribution in [1.82, 2.24) is 20.1 Å². The zero-order chi connectivity index (χ0) is 15.2. The molecule has 0 fully saturated rings. The van der Waals surface area contributed by atoms with Crippen LogP contribution in [0.4, 0.5) is 4.39 Å². The van der Waals surface area contributed by atoms with Gasteiger partial charge in [-0.3, -0.25) is 4.79 Å². The van der Waals surface area contributed by atoms with E-state index in [2.05, 4.69) is 15.5 Å². The standard InChI is InChI=1S/C14H17FN4O2/c1-2-19-9-17-18-12(19)7-8-16-14(21)13(20)10-3-5-11(15)6-4-10/h3-6,9,13,20H,2,7-8H2,1H3,(H,16,21)/t13-/m0/s1. The molecular weight excluding hydrogens is 275 g/mol. The number of aryl methyl sites for hydroxylation is 1. The largest absolute Gasteiger partial charge is 0.378 e. The maximum atomic E-state index is 12.8.